The highest BCUT2D eigenvalue weighted by molar-refractivity contribution is 5.37. The van der Waals surface area contributed by atoms with E-state index in [2.05, 4.69) is 51.7 Å². The summed E-state index contributed by atoms with van der Waals surface area (Å²) in [6.45, 7) is 16.7. The van der Waals surface area contributed by atoms with Gasteiger partial charge in [0.05, 0.1) is 13.2 Å². The molecule has 1 unspecified atom stereocenters. The maximum absolute atomic E-state index is 5.49. The number of benzene rings is 1. The smallest absolute Gasteiger partial charge is 0.0672 e. The summed E-state index contributed by atoms with van der Waals surface area (Å²) in [5.74, 6) is 0. The van der Waals surface area contributed by atoms with E-state index >= 15 is 0 Å². The maximum atomic E-state index is 5.49. The fourth-order valence-corrected chi connectivity index (χ4v) is 2.15. The first-order valence-corrected chi connectivity index (χ1v) is 6.95. The van der Waals surface area contributed by atoms with E-state index in [0.717, 1.165) is 18.7 Å². The molecule has 0 radical (unpaired) electrons. The molecule has 0 saturated heterocycles. The molecule has 0 aliphatic carbocycles. The van der Waals surface area contributed by atoms with Crippen molar-refractivity contribution in [2.45, 2.75) is 40.7 Å². The van der Waals surface area contributed by atoms with E-state index < -0.39 is 0 Å². The van der Waals surface area contributed by atoms with Crippen molar-refractivity contribution in [3.8, 4) is 0 Å². The van der Waals surface area contributed by atoms with Gasteiger partial charge in [-0.15, -0.1) is 0 Å². The number of ether oxygens (including phenoxy) is 1. The summed E-state index contributed by atoms with van der Waals surface area (Å²) in [5, 5.41) is 3.51. The lowest BCUT2D eigenvalue weighted by atomic mass is 9.96. The lowest BCUT2D eigenvalue weighted by Gasteiger charge is -2.18. The molecule has 1 aromatic rings. The molecule has 2 heteroatoms. The molecule has 0 heterocycles. The molecule has 0 bridgehead atoms. The first-order chi connectivity index (χ1) is 8.91. The molecular formula is C17H27NO. The second-order valence-electron chi connectivity index (χ2n) is 5.48. The molecule has 0 saturated carbocycles. The van der Waals surface area contributed by atoms with Crippen molar-refractivity contribution in [1.29, 1.82) is 0 Å². The van der Waals surface area contributed by atoms with Crippen molar-refractivity contribution in [3.63, 3.8) is 0 Å². The molecule has 0 aliphatic rings. The number of hydrogen-bond donors (Lipinski definition) is 1. The van der Waals surface area contributed by atoms with Crippen molar-refractivity contribution in [2.24, 2.45) is 0 Å². The molecule has 1 rings (SSSR count). The zero-order valence-electron chi connectivity index (χ0n) is 13.0. The van der Waals surface area contributed by atoms with Crippen LogP contribution in [-0.2, 0) is 4.74 Å². The first kappa shape index (κ1) is 15.9. The third kappa shape index (κ3) is 5.17. The van der Waals surface area contributed by atoms with E-state index in [1.165, 1.54) is 22.3 Å². The van der Waals surface area contributed by atoms with E-state index in [0.29, 0.717) is 12.6 Å². The third-order valence-electron chi connectivity index (χ3n) is 3.39. The molecule has 0 aromatic heterocycles. The van der Waals surface area contributed by atoms with E-state index in [1.807, 2.05) is 6.92 Å². The molecule has 0 spiro atoms. The Kier molecular flexibility index (Phi) is 6.26. The minimum atomic E-state index is 0.354. The number of hydrogen-bond acceptors (Lipinski definition) is 2. The van der Waals surface area contributed by atoms with Gasteiger partial charge in [0.1, 0.15) is 0 Å². The zero-order valence-corrected chi connectivity index (χ0v) is 13.0. The molecule has 1 N–H and O–H groups in total. The van der Waals surface area contributed by atoms with Crippen molar-refractivity contribution in [2.75, 3.05) is 19.8 Å². The second kappa shape index (κ2) is 7.46. The summed E-state index contributed by atoms with van der Waals surface area (Å²) in [7, 11) is 0. The predicted octanol–water partition coefficient (Wildman–Crippen LogP) is 3.86. The molecule has 1 atom stereocenters. The Hall–Kier alpha value is -1.12. The highest BCUT2D eigenvalue weighted by atomic mass is 16.5. The van der Waals surface area contributed by atoms with Gasteiger partial charge in [0.25, 0.3) is 0 Å². The SMILES string of the molecule is C=C(C)COCCNC(C)c1cc(C)c(C)cc1C. The Labute approximate surface area is 117 Å². The standard InChI is InChI=1S/C17H27NO/c1-12(2)11-19-8-7-18-16(6)17-10-14(4)13(3)9-15(17)5/h9-10,16,18H,1,7-8,11H2,2-6H3. The van der Waals surface area contributed by atoms with Crippen molar-refractivity contribution in [1.82, 2.24) is 5.32 Å². The van der Waals surface area contributed by atoms with Crippen molar-refractivity contribution < 1.29 is 4.74 Å². The van der Waals surface area contributed by atoms with Gasteiger partial charge >= 0.3 is 0 Å². The van der Waals surface area contributed by atoms with Gasteiger partial charge in [0, 0.05) is 12.6 Å². The van der Waals surface area contributed by atoms with Gasteiger partial charge in [-0.3, -0.25) is 0 Å². The van der Waals surface area contributed by atoms with Crippen LogP contribution in [0.25, 0.3) is 0 Å². The van der Waals surface area contributed by atoms with E-state index in [-0.39, 0.29) is 0 Å². The maximum Gasteiger partial charge on any atom is 0.0672 e. The fraction of sp³-hybridized carbons (Fsp3) is 0.529. The molecule has 0 fully saturated rings. The zero-order chi connectivity index (χ0) is 14.4. The van der Waals surface area contributed by atoms with Gasteiger partial charge in [-0.2, -0.15) is 0 Å². The largest absolute Gasteiger partial charge is 0.376 e. The van der Waals surface area contributed by atoms with Gasteiger partial charge in [0.15, 0.2) is 0 Å². The lowest BCUT2D eigenvalue weighted by Crippen LogP contribution is -2.24. The van der Waals surface area contributed by atoms with Crippen LogP contribution in [-0.4, -0.2) is 19.8 Å². The van der Waals surface area contributed by atoms with E-state index in [9.17, 15) is 0 Å². The topological polar surface area (TPSA) is 21.3 Å². The van der Waals surface area contributed by atoms with Crippen LogP contribution in [0.2, 0.25) is 0 Å². The summed E-state index contributed by atoms with van der Waals surface area (Å²) in [5.41, 5.74) is 6.51. The average molecular weight is 261 g/mol. The second-order valence-corrected chi connectivity index (χ2v) is 5.48. The number of nitrogens with one attached hydrogen (secondary N) is 1. The molecule has 2 nitrogen and oxygen atoms in total. The third-order valence-corrected chi connectivity index (χ3v) is 3.39. The van der Waals surface area contributed by atoms with Crippen LogP contribution < -0.4 is 5.32 Å². The Morgan fingerprint density at radius 1 is 1.21 bits per heavy atom. The van der Waals surface area contributed by atoms with Gasteiger partial charge in [-0.25, -0.2) is 0 Å². The Bertz CT molecular complexity index is 437. The van der Waals surface area contributed by atoms with Crippen molar-refractivity contribution >= 4 is 0 Å². The number of rotatable bonds is 7. The fourth-order valence-electron chi connectivity index (χ4n) is 2.15. The molecular weight excluding hydrogens is 234 g/mol. The highest BCUT2D eigenvalue weighted by Crippen LogP contribution is 2.21. The first-order valence-electron chi connectivity index (χ1n) is 6.95. The Morgan fingerprint density at radius 3 is 2.47 bits per heavy atom. The Morgan fingerprint density at radius 2 is 1.84 bits per heavy atom. The molecule has 0 amide bonds. The van der Waals surface area contributed by atoms with Crippen LogP contribution in [0.5, 0.6) is 0 Å². The number of aryl methyl sites for hydroxylation is 3. The van der Waals surface area contributed by atoms with Crippen LogP contribution in [0, 0.1) is 20.8 Å². The van der Waals surface area contributed by atoms with Crippen LogP contribution in [0.4, 0.5) is 0 Å². The van der Waals surface area contributed by atoms with Gasteiger partial charge < -0.3 is 10.1 Å². The van der Waals surface area contributed by atoms with Crippen LogP contribution in [0.15, 0.2) is 24.3 Å². The van der Waals surface area contributed by atoms with Gasteiger partial charge in [-0.05, 0) is 56.9 Å². The highest BCUT2D eigenvalue weighted by Gasteiger charge is 2.09. The van der Waals surface area contributed by atoms with Crippen LogP contribution in [0.3, 0.4) is 0 Å². The Balaban J connectivity index is 2.47. The summed E-state index contributed by atoms with van der Waals surface area (Å²) < 4.78 is 5.49. The molecule has 106 valence electrons. The summed E-state index contributed by atoms with van der Waals surface area (Å²) in [6, 6.07) is 4.91. The van der Waals surface area contributed by atoms with Gasteiger partial charge in [0.2, 0.25) is 0 Å². The molecule has 0 aliphatic heterocycles. The lowest BCUT2D eigenvalue weighted by molar-refractivity contribution is 0.156. The summed E-state index contributed by atoms with van der Waals surface area (Å²) in [4.78, 5) is 0. The van der Waals surface area contributed by atoms with E-state index in [1.54, 1.807) is 0 Å². The summed E-state index contributed by atoms with van der Waals surface area (Å²) >= 11 is 0. The van der Waals surface area contributed by atoms with E-state index in [4.69, 9.17) is 4.74 Å². The molecule has 19 heavy (non-hydrogen) atoms. The van der Waals surface area contributed by atoms with Crippen LogP contribution in [0.1, 0.15) is 42.1 Å². The van der Waals surface area contributed by atoms with Crippen molar-refractivity contribution in [3.05, 3.63) is 46.5 Å². The van der Waals surface area contributed by atoms with Crippen LogP contribution >= 0.6 is 0 Å². The summed E-state index contributed by atoms with van der Waals surface area (Å²) in [6.07, 6.45) is 0. The molecule has 1 aromatic carbocycles. The quantitative estimate of drug-likeness (QED) is 0.594. The predicted molar refractivity (Wildman–Crippen MR) is 82.7 cm³/mol. The normalized spacial score (nSPS) is 12.5. The minimum Gasteiger partial charge on any atom is -0.376 e. The monoisotopic (exact) mass is 261 g/mol. The minimum absolute atomic E-state index is 0.354. The average Bonchev–Trinajstić information content (AvgIpc) is 2.32. The van der Waals surface area contributed by atoms with Gasteiger partial charge in [-0.1, -0.05) is 24.3 Å².